The highest BCUT2D eigenvalue weighted by Crippen LogP contribution is 2.34. The molecule has 1 saturated heterocycles. The fraction of sp³-hybridized carbons (Fsp3) is 0.286. The monoisotopic (exact) mass is 452 g/mol. The van der Waals surface area contributed by atoms with E-state index < -0.39 is 11.6 Å². The molecule has 0 aliphatic carbocycles. The van der Waals surface area contributed by atoms with Gasteiger partial charge in [0.2, 0.25) is 5.82 Å². The first-order chi connectivity index (χ1) is 16.0. The molecule has 3 aromatic carbocycles. The molecular weight excluding hydrogens is 425 g/mol. The molecule has 172 valence electrons. The van der Waals surface area contributed by atoms with E-state index in [2.05, 4.69) is 0 Å². The summed E-state index contributed by atoms with van der Waals surface area (Å²) in [5, 5.41) is 0. The predicted molar refractivity (Wildman–Crippen MR) is 125 cm³/mol. The van der Waals surface area contributed by atoms with Gasteiger partial charge in [0, 0.05) is 11.5 Å². The molecule has 0 spiro atoms. The minimum absolute atomic E-state index is 0.0699. The van der Waals surface area contributed by atoms with Crippen LogP contribution in [0, 0.1) is 17.5 Å². The van der Waals surface area contributed by atoms with E-state index in [0.29, 0.717) is 17.7 Å². The average molecular weight is 453 g/mol. The molecule has 3 aromatic rings. The van der Waals surface area contributed by atoms with Crippen LogP contribution in [0.3, 0.4) is 0 Å². The van der Waals surface area contributed by atoms with Gasteiger partial charge >= 0.3 is 0 Å². The van der Waals surface area contributed by atoms with Crippen molar-refractivity contribution in [2.24, 2.45) is 0 Å². The largest absolute Gasteiger partial charge is 0.486 e. The summed E-state index contributed by atoms with van der Waals surface area (Å²) in [6.45, 7) is 4.56. The van der Waals surface area contributed by atoms with Gasteiger partial charge in [0.15, 0.2) is 11.6 Å². The molecule has 0 amide bonds. The van der Waals surface area contributed by atoms with Crippen LogP contribution in [0.4, 0.5) is 13.2 Å². The van der Waals surface area contributed by atoms with Gasteiger partial charge in [0.1, 0.15) is 12.4 Å². The lowest BCUT2D eigenvalue weighted by atomic mass is 9.90. The minimum atomic E-state index is -1.01. The van der Waals surface area contributed by atoms with Gasteiger partial charge in [-0.2, -0.15) is 4.39 Å². The summed E-state index contributed by atoms with van der Waals surface area (Å²) in [6.07, 6.45) is 5.54. The summed E-state index contributed by atoms with van der Waals surface area (Å²) in [5.41, 5.74) is 2.87. The molecule has 1 aliphatic rings. The third-order valence-corrected chi connectivity index (χ3v) is 6.09. The van der Waals surface area contributed by atoms with E-state index in [-0.39, 0.29) is 35.8 Å². The van der Waals surface area contributed by atoms with Crippen molar-refractivity contribution in [1.29, 1.82) is 0 Å². The van der Waals surface area contributed by atoms with Crippen molar-refractivity contribution in [1.82, 2.24) is 0 Å². The number of hydrogen-bond donors (Lipinski definition) is 0. The molecule has 1 aliphatic heterocycles. The number of rotatable bonds is 6. The van der Waals surface area contributed by atoms with Crippen LogP contribution >= 0.6 is 0 Å². The van der Waals surface area contributed by atoms with E-state index in [1.807, 2.05) is 26.0 Å². The topological polar surface area (TPSA) is 18.5 Å². The van der Waals surface area contributed by atoms with Crippen LogP contribution in [0.25, 0.3) is 22.3 Å². The van der Waals surface area contributed by atoms with E-state index in [9.17, 15) is 13.2 Å². The Bertz CT molecular complexity index is 1130. The van der Waals surface area contributed by atoms with Crippen LogP contribution in [0.5, 0.6) is 5.75 Å². The molecule has 0 saturated carbocycles. The first-order valence-electron chi connectivity index (χ1n) is 11.2. The number of halogens is 3. The van der Waals surface area contributed by atoms with Crippen molar-refractivity contribution in [2.75, 3.05) is 13.2 Å². The van der Waals surface area contributed by atoms with Gasteiger partial charge < -0.3 is 9.47 Å². The third-order valence-electron chi connectivity index (χ3n) is 6.09. The summed E-state index contributed by atoms with van der Waals surface area (Å²) in [7, 11) is 0. The minimum Gasteiger partial charge on any atom is -0.486 e. The zero-order valence-corrected chi connectivity index (χ0v) is 18.8. The van der Waals surface area contributed by atoms with E-state index in [4.69, 9.17) is 9.47 Å². The van der Waals surface area contributed by atoms with Gasteiger partial charge in [-0.25, -0.2) is 8.78 Å². The maximum Gasteiger partial charge on any atom is 0.201 e. The maximum absolute atomic E-state index is 14.8. The summed E-state index contributed by atoms with van der Waals surface area (Å²) >= 11 is 0. The summed E-state index contributed by atoms with van der Waals surface area (Å²) in [6, 6.07) is 15.1. The van der Waals surface area contributed by atoms with Crippen LogP contribution in [0.2, 0.25) is 0 Å². The second-order valence-corrected chi connectivity index (χ2v) is 8.35. The molecule has 0 bridgehead atoms. The fourth-order valence-corrected chi connectivity index (χ4v) is 4.11. The van der Waals surface area contributed by atoms with Gasteiger partial charge in [0.05, 0.1) is 12.7 Å². The Morgan fingerprint density at radius 3 is 2.30 bits per heavy atom. The molecule has 5 heteroatoms. The second-order valence-electron chi connectivity index (χ2n) is 8.35. The highest BCUT2D eigenvalue weighted by Gasteiger charge is 2.23. The molecule has 0 radical (unpaired) electrons. The van der Waals surface area contributed by atoms with E-state index in [0.717, 1.165) is 24.0 Å². The van der Waals surface area contributed by atoms with Gasteiger partial charge in [-0.15, -0.1) is 0 Å². The summed E-state index contributed by atoms with van der Waals surface area (Å²) < 4.78 is 54.8. The number of allylic oxidation sites excluding steroid dienone is 1. The summed E-state index contributed by atoms with van der Waals surface area (Å²) in [4.78, 5) is 0. The van der Waals surface area contributed by atoms with Crippen molar-refractivity contribution >= 4 is 0 Å². The lowest BCUT2D eigenvalue weighted by Gasteiger charge is -2.27. The Balaban J connectivity index is 1.53. The Morgan fingerprint density at radius 2 is 1.64 bits per heavy atom. The van der Waals surface area contributed by atoms with Crippen molar-refractivity contribution in [3.63, 3.8) is 0 Å². The molecule has 4 rings (SSSR count). The molecule has 2 nitrogen and oxygen atoms in total. The van der Waals surface area contributed by atoms with Crippen LogP contribution in [0.1, 0.15) is 38.2 Å². The van der Waals surface area contributed by atoms with Crippen LogP contribution in [-0.2, 0) is 4.74 Å². The second kappa shape index (κ2) is 10.3. The van der Waals surface area contributed by atoms with Crippen molar-refractivity contribution in [3.05, 3.63) is 89.8 Å². The number of benzene rings is 3. The lowest BCUT2D eigenvalue weighted by Crippen LogP contribution is -2.22. The normalized spacial score (nSPS) is 18.6. The Kier molecular flexibility index (Phi) is 7.19. The van der Waals surface area contributed by atoms with Crippen molar-refractivity contribution in [2.45, 2.75) is 38.7 Å². The van der Waals surface area contributed by atoms with Crippen LogP contribution in [-0.4, -0.2) is 19.3 Å². The zero-order valence-electron chi connectivity index (χ0n) is 18.8. The van der Waals surface area contributed by atoms with Gasteiger partial charge in [-0.3, -0.25) is 0 Å². The fourth-order valence-electron chi connectivity index (χ4n) is 4.11. The van der Waals surface area contributed by atoms with Crippen molar-refractivity contribution < 1.29 is 22.6 Å². The van der Waals surface area contributed by atoms with Gasteiger partial charge in [-0.1, -0.05) is 48.6 Å². The van der Waals surface area contributed by atoms with Crippen LogP contribution in [0.15, 0.2) is 66.7 Å². The SMILES string of the molecule is C/C=C/COc1ccc(-c2ccc(-c3ccc(C4CCC(C)OC4)c(F)c3)cc2)c(F)c1F. The molecule has 1 fully saturated rings. The molecule has 2 atom stereocenters. The van der Waals surface area contributed by atoms with Gasteiger partial charge in [-0.05, 0) is 67.1 Å². The Hall–Kier alpha value is -3.05. The first-order valence-corrected chi connectivity index (χ1v) is 11.2. The van der Waals surface area contributed by atoms with E-state index >= 15 is 0 Å². The van der Waals surface area contributed by atoms with E-state index in [1.54, 1.807) is 36.4 Å². The molecule has 1 heterocycles. The molecule has 2 unspecified atom stereocenters. The molecule has 0 aromatic heterocycles. The van der Waals surface area contributed by atoms with E-state index in [1.165, 1.54) is 18.2 Å². The van der Waals surface area contributed by atoms with Gasteiger partial charge in [0.25, 0.3) is 0 Å². The smallest absolute Gasteiger partial charge is 0.201 e. The highest BCUT2D eigenvalue weighted by atomic mass is 19.2. The number of ether oxygens (including phenoxy) is 2. The molecule has 0 N–H and O–H groups in total. The Labute approximate surface area is 192 Å². The quantitative estimate of drug-likeness (QED) is 0.357. The Morgan fingerprint density at radius 1 is 0.909 bits per heavy atom. The van der Waals surface area contributed by atoms with Crippen LogP contribution < -0.4 is 4.74 Å². The summed E-state index contributed by atoms with van der Waals surface area (Å²) in [5.74, 6) is -2.28. The predicted octanol–water partition coefficient (Wildman–Crippen LogP) is 7.68. The average Bonchev–Trinajstić information content (AvgIpc) is 2.83. The zero-order chi connectivity index (χ0) is 23.4. The lowest BCUT2D eigenvalue weighted by molar-refractivity contribution is 0.0148. The first kappa shape index (κ1) is 23.1. The van der Waals surface area contributed by atoms with Crippen molar-refractivity contribution in [3.8, 4) is 28.0 Å². The standard InChI is InChI=1S/C28H27F3O2/c1-3-4-15-32-26-14-13-24(27(30)28(26)31)20-9-7-19(8-10-20)21-11-12-23(25(29)16-21)22-6-5-18(2)33-17-22/h3-4,7-14,16,18,22H,5-6,15,17H2,1-2H3/b4-3+. The molecular formula is C28H27F3O2. The highest BCUT2D eigenvalue weighted by molar-refractivity contribution is 5.71. The number of hydrogen-bond acceptors (Lipinski definition) is 2. The third kappa shape index (κ3) is 5.14. The maximum atomic E-state index is 14.8. The molecule has 33 heavy (non-hydrogen) atoms.